The summed E-state index contributed by atoms with van der Waals surface area (Å²) in [6.45, 7) is 1.47. The van der Waals surface area contributed by atoms with Gasteiger partial charge in [0.15, 0.2) is 0 Å². The van der Waals surface area contributed by atoms with Gasteiger partial charge in [-0.3, -0.25) is 0 Å². The number of nitrogens with one attached hydrogen (secondary N) is 1. The monoisotopic (exact) mass is 227 g/mol. The lowest BCUT2D eigenvalue weighted by atomic mass is 10.2. The molecule has 90 valence electrons. The summed E-state index contributed by atoms with van der Waals surface area (Å²) in [6, 6.07) is 4.66. The van der Waals surface area contributed by atoms with Crippen molar-refractivity contribution in [2.45, 2.75) is 12.8 Å². The number of hydrogen-bond acceptors (Lipinski definition) is 3. The van der Waals surface area contributed by atoms with Crippen molar-refractivity contribution in [3.63, 3.8) is 0 Å². The van der Waals surface area contributed by atoms with E-state index in [1.807, 2.05) is 0 Å². The van der Waals surface area contributed by atoms with Gasteiger partial charge in [0, 0.05) is 26.3 Å². The molecule has 1 N–H and O–H groups in total. The van der Waals surface area contributed by atoms with Gasteiger partial charge in [0.2, 0.25) is 0 Å². The Kier molecular flexibility index (Phi) is 5.64. The lowest BCUT2D eigenvalue weighted by Gasteiger charge is -2.09. The van der Waals surface area contributed by atoms with Crippen molar-refractivity contribution in [1.82, 2.24) is 0 Å². The third-order valence-corrected chi connectivity index (χ3v) is 2.26. The molecule has 0 aromatic heterocycles. The van der Waals surface area contributed by atoms with Gasteiger partial charge < -0.3 is 14.8 Å². The Balaban J connectivity index is 2.40. The third-order valence-electron chi connectivity index (χ3n) is 2.26. The number of halogens is 1. The first kappa shape index (κ1) is 12.8. The summed E-state index contributed by atoms with van der Waals surface area (Å²) in [7, 11) is 3.24. The Hall–Kier alpha value is -1.29. The predicted octanol–water partition coefficient (Wildman–Crippen LogP) is 2.67. The first-order chi connectivity index (χ1) is 7.77. The van der Waals surface area contributed by atoms with Gasteiger partial charge in [-0.1, -0.05) is 0 Å². The van der Waals surface area contributed by atoms with Crippen molar-refractivity contribution in [2.24, 2.45) is 0 Å². The minimum Gasteiger partial charge on any atom is -0.497 e. The highest BCUT2D eigenvalue weighted by Crippen LogP contribution is 2.20. The van der Waals surface area contributed by atoms with Crippen LogP contribution in [0, 0.1) is 5.82 Å². The number of benzene rings is 1. The lowest BCUT2D eigenvalue weighted by Crippen LogP contribution is -2.04. The molecule has 0 radical (unpaired) electrons. The second kappa shape index (κ2) is 7.06. The second-order valence-electron chi connectivity index (χ2n) is 3.47. The molecule has 0 aliphatic rings. The SMILES string of the molecule is COCCCCNc1cc(OC)ccc1F. The standard InChI is InChI=1S/C12H18FNO2/c1-15-8-4-3-7-14-12-9-10(16-2)5-6-11(12)13/h5-6,9,14H,3-4,7-8H2,1-2H3. The summed E-state index contributed by atoms with van der Waals surface area (Å²) in [5, 5.41) is 3.04. The van der Waals surface area contributed by atoms with Crippen molar-refractivity contribution in [1.29, 1.82) is 0 Å². The zero-order valence-corrected chi connectivity index (χ0v) is 9.75. The Morgan fingerprint density at radius 3 is 2.75 bits per heavy atom. The van der Waals surface area contributed by atoms with Gasteiger partial charge in [0.1, 0.15) is 11.6 Å². The van der Waals surface area contributed by atoms with E-state index in [4.69, 9.17) is 9.47 Å². The van der Waals surface area contributed by atoms with Crippen LogP contribution in [0.1, 0.15) is 12.8 Å². The van der Waals surface area contributed by atoms with E-state index in [0.29, 0.717) is 11.4 Å². The summed E-state index contributed by atoms with van der Waals surface area (Å²) in [5.41, 5.74) is 0.483. The molecule has 0 saturated heterocycles. The van der Waals surface area contributed by atoms with Crippen LogP contribution in [0.5, 0.6) is 5.75 Å². The predicted molar refractivity (Wildman–Crippen MR) is 62.6 cm³/mol. The third kappa shape index (κ3) is 4.06. The van der Waals surface area contributed by atoms with E-state index in [1.165, 1.54) is 6.07 Å². The largest absolute Gasteiger partial charge is 0.497 e. The molecule has 1 rings (SSSR count). The van der Waals surface area contributed by atoms with Crippen molar-refractivity contribution in [3.8, 4) is 5.75 Å². The van der Waals surface area contributed by atoms with E-state index >= 15 is 0 Å². The van der Waals surface area contributed by atoms with Crippen molar-refractivity contribution in [2.75, 3.05) is 32.7 Å². The summed E-state index contributed by atoms with van der Waals surface area (Å²) >= 11 is 0. The lowest BCUT2D eigenvalue weighted by molar-refractivity contribution is 0.194. The van der Waals surface area contributed by atoms with Crippen molar-refractivity contribution >= 4 is 5.69 Å². The maximum absolute atomic E-state index is 13.3. The molecule has 0 heterocycles. The number of unbranched alkanes of at least 4 members (excludes halogenated alkanes) is 1. The molecule has 0 unspecified atom stereocenters. The van der Waals surface area contributed by atoms with E-state index < -0.39 is 0 Å². The molecule has 0 aliphatic carbocycles. The summed E-state index contributed by atoms with van der Waals surface area (Å²) in [5.74, 6) is 0.397. The number of rotatable bonds is 7. The molecule has 1 aromatic carbocycles. The Labute approximate surface area is 95.6 Å². The van der Waals surface area contributed by atoms with Crippen molar-refractivity contribution in [3.05, 3.63) is 24.0 Å². The van der Waals surface area contributed by atoms with Crippen LogP contribution < -0.4 is 10.1 Å². The van der Waals surface area contributed by atoms with Gasteiger partial charge in [-0.25, -0.2) is 4.39 Å². The minimum absolute atomic E-state index is 0.257. The molecular formula is C12H18FNO2. The molecule has 1 aromatic rings. The number of hydrogen-bond donors (Lipinski definition) is 1. The second-order valence-corrected chi connectivity index (χ2v) is 3.47. The molecule has 0 fully saturated rings. The Morgan fingerprint density at radius 1 is 1.25 bits per heavy atom. The molecule has 0 bridgehead atoms. The van der Waals surface area contributed by atoms with Gasteiger partial charge in [0.05, 0.1) is 12.8 Å². The molecule has 16 heavy (non-hydrogen) atoms. The average Bonchev–Trinajstić information content (AvgIpc) is 2.31. The van der Waals surface area contributed by atoms with Crippen LogP contribution in [0.2, 0.25) is 0 Å². The van der Waals surface area contributed by atoms with E-state index in [2.05, 4.69) is 5.32 Å². The van der Waals surface area contributed by atoms with Crippen LogP contribution in [0.3, 0.4) is 0 Å². The average molecular weight is 227 g/mol. The smallest absolute Gasteiger partial charge is 0.146 e. The maximum Gasteiger partial charge on any atom is 0.146 e. The van der Waals surface area contributed by atoms with E-state index in [-0.39, 0.29) is 5.82 Å². The molecule has 4 heteroatoms. The number of anilines is 1. The first-order valence-electron chi connectivity index (χ1n) is 5.34. The quantitative estimate of drug-likeness (QED) is 0.726. The molecule has 0 spiro atoms. The summed E-state index contributed by atoms with van der Waals surface area (Å²) < 4.78 is 23.3. The highest BCUT2D eigenvalue weighted by Gasteiger charge is 2.02. The number of methoxy groups -OCH3 is 2. The maximum atomic E-state index is 13.3. The van der Waals surface area contributed by atoms with Gasteiger partial charge >= 0.3 is 0 Å². The molecular weight excluding hydrogens is 209 g/mol. The van der Waals surface area contributed by atoms with Crippen LogP contribution in [0.25, 0.3) is 0 Å². The Morgan fingerprint density at radius 2 is 2.06 bits per heavy atom. The molecule has 0 saturated carbocycles. The van der Waals surface area contributed by atoms with Crippen molar-refractivity contribution < 1.29 is 13.9 Å². The normalized spacial score (nSPS) is 10.2. The fraction of sp³-hybridized carbons (Fsp3) is 0.500. The van der Waals surface area contributed by atoms with E-state index in [9.17, 15) is 4.39 Å². The fourth-order valence-electron chi connectivity index (χ4n) is 1.36. The Bertz CT molecular complexity index is 318. The van der Waals surface area contributed by atoms with Crippen LogP contribution in [-0.2, 0) is 4.74 Å². The summed E-state index contributed by atoms with van der Waals surface area (Å²) in [4.78, 5) is 0. The molecule has 0 aliphatic heterocycles. The number of ether oxygens (including phenoxy) is 2. The van der Waals surface area contributed by atoms with E-state index in [1.54, 1.807) is 26.4 Å². The van der Waals surface area contributed by atoms with E-state index in [0.717, 1.165) is 26.0 Å². The molecule has 0 atom stereocenters. The fourth-order valence-corrected chi connectivity index (χ4v) is 1.36. The van der Waals surface area contributed by atoms with Gasteiger partial charge in [-0.15, -0.1) is 0 Å². The minimum atomic E-state index is -0.257. The zero-order valence-electron chi connectivity index (χ0n) is 9.75. The zero-order chi connectivity index (χ0) is 11.8. The van der Waals surface area contributed by atoms with Gasteiger partial charge in [-0.2, -0.15) is 0 Å². The van der Waals surface area contributed by atoms with Crippen LogP contribution >= 0.6 is 0 Å². The molecule has 3 nitrogen and oxygen atoms in total. The highest BCUT2D eigenvalue weighted by molar-refractivity contribution is 5.49. The van der Waals surface area contributed by atoms with Crippen LogP contribution in [0.15, 0.2) is 18.2 Å². The molecule has 0 amide bonds. The van der Waals surface area contributed by atoms with Crippen LogP contribution in [-0.4, -0.2) is 27.4 Å². The van der Waals surface area contributed by atoms with Crippen LogP contribution in [0.4, 0.5) is 10.1 Å². The highest BCUT2D eigenvalue weighted by atomic mass is 19.1. The topological polar surface area (TPSA) is 30.5 Å². The summed E-state index contributed by atoms with van der Waals surface area (Å²) in [6.07, 6.45) is 1.92. The van der Waals surface area contributed by atoms with Gasteiger partial charge in [-0.05, 0) is 25.0 Å². The first-order valence-corrected chi connectivity index (χ1v) is 5.34. The van der Waals surface area contributed by atoms with Gasteiger partial charge in [0.25, 0.3) is 0 Å².